The Kier molecular flexibility index (Phi) is 3.41. The number of ether oxygens (including phenoxy) is 1. The normalized spacial score (nSPS) is 16.4. The van der Waals surface area contributed by atoms with E-state index in [-0.39, 0.29) is 11.8 Å². The summed E-state index contributed by atoms with van der Waals surface area (Å²) in [6.07, 6.45) is 0. The summed E-state index contributed by atoms with van der Waals surface area (Å²) in [4.78, 5) is 0. The van der Waals surface area contributed by atoms with Crippen molar-refractivity contribution in [2.45, 2.75) is 5.92 Å². The molecule has 0 aliphatic carbocycles. The van der Waals surface area contributed by atoms with Crippen LogP contribution in [-0.4, -0.2) is 0 Å². The van der Waals surface area contributed by atoms with E-state index < -0.39 is 0 Å². The minimum atomic E-state index is -0.276. The van der Waals surface area contributed by atoms with Crippen molar-refractivity contribution in [3.63, 3.8) is 0 Å². The van der Waals surface area contributed by atoms with Crippen LogP contribution >= 0.6 is 11.6 Å². The Labute approximate surface area is 144 Å². The van der Waals surface area contributed by atoms with Crippen molar-refractivity contribution >= 4 is 22.4 Å². The average Bonchev–Trinajstić information content (AvgIpc) is 2.61. The highest BCUT2D eigenvalue weighted by Gasteiger charge is 2.31. The fourth-order valence-corrected chi connectivity index (χ4v) is 3.36. The topological polar surface area (TPSA) is 59.0 Å². The Morgan fingerprint density at radius 2 is 1.75 bits per heavy atom. The van der Waals surface area contributed by atoms with Gasteiger partial charge in [0.15, 0.2) is 0 Å². The van der Waals surface area contributed by atoms with Crippen LogP contribution in [-0.2, 0) is 0 Å². The molecule has 0 unspecified atom stereocenters. The van der Waals surface area contributed by atoms with Crippen LogP contribution in [0.5, 0.6) is 5.75 Å². The van der Waals surface area contributed by atoms with Gasteiger partial charge in [-0.2, -0.15) is 5.26 Å². The van der Waals surface area contributed by atoms with E-state index in [0.29, 0.717) is 16.3 Å². The summed E-state index contributed by atoms with van der Waals surface area (Å²) in [5, 5.41) is 12.4. The number of nitrogens with zero attached hydrogens (tertiary/aromatic N) is 1. The van der Waals surface area contributed by atoms with Crippen molar-refractivity contribution in [2.24, 2.45) is 5.73 Å². The molecule has 4 heteroatoms. The van der Waals surface area contributed by atoms with E-state index in [1.54, 1.807) is 0 Å². The Balaban J connectivity index is 2.05. The first-order chi connectivity index (χ1) is 11.7. The third-order valence-electron chi connectivity index (χ3n) is 4.32. The summed E-state index contributed by atoms with van der Waals surface area (Å²) in [7, 11) is 0. The molecule has 4 rings (SSSR count). The largest absolute Gasteiger partial charge is 0.440 e. The van der Waals surface area contributed by atoms with Crippen molar-refractivity contribution in [3.05, 3.63) is 88.3 Å². The molecule has 2 N–H and O–H groups in total. The predicted molar refractivity (Wildman–Crippen MR) is 94.7 cm³/mol. The summed E-state index contributed by atoms with van der Waals surface area (Å²) in [6.45, 7) is 0. The van der Waals surface area contributed by atoms with Gasteiger partial charge in [-0.05, 0) is 34.5 Å². The fraction of sp³-hybridized carbons (Fsp3) is 0.0500. The van der Waals surface area contributed by atoms with Gasteiger partial charge in [0.2, 0.25) is 5.88 Å². The quantitative estimate of drug-likeness (QED) is 0.702. The summed E-state index contributed by atoms with van der Waals surface area (Å²) in [5.41, 5.74) is 8.35. The molecule has 3 aromatic carbocycles. The van der Waals surface area contributed by atoms with E-state index >= 15 is 0 Å². The summed E-state index contributed by atoms with van der Waals surface area (Å²) >= 11 is 6.02. The van der Waals surface area contributed by atoms with Crippen LogP contribution in [0.15, 0.2) is 72.1 Å². The van der Waals surface area contributed by atoms with E-state index in [4.69, 9.17) is 22.1 Å². The third-order valence-corrected chi connectivity index (χ3v) is 4.57. The van der Waals surface area contributed by atoms with Gasteiger partial charge < -0.3 is 10.5 Å². The molecule has 0 amide bonds. The Hall–Kier alpha value is -2.96. The Morgan fingerprint density at radius 1 is 1.00 bits per heavy atom. The SMILES string of the molecule is N#CC1=C(N)Oc2ccc3ccccc3c2[C@H]1c1ccc(Cl)cc1. The molecule has 1 aliphatic heterocycles. The Morgan fingerprint density at radius 3 is 2.50 bits per heavy atom. The zero-order valence-electron chi connectivity index (χ0n) is 12.7. The standard InChI is InChI=1S/C20H13ClN2O/c21-14-8-5-13(6-9-14)18-16(11-22)20(23)24-17-10-7-12-3-1-2-4-15(12)19(17)18/h1-10,18H,23H2/t18-/m0/s1. The minimum Gasteiger partial charge on any atom is -0.440 e. The molecule has 1 aliphatic rings. The zero-order valence-corrected chi connectivity index (χ0v) is 13.4. The van der Waals surface area contributed by atoms with Gasteiger partial charge in [0, 0.05) is 10.6 Å². The molecule has 1 atom stereocenters. The second-order valence-electron chi connectivity index (χ2n) is 5.67. The van der Waals surface area contributed by atoms with Gasteiger partial charge in [-0.25, -0.2) is 0 Å². The van der Waals surface area contributed by atoms with E-state index in [0.717, 1.165) is 21.9 Å². The van der Waals surface area contributed by atoms with Crippen molar-refractivity contribution in [2.75, 3.05) is 0 Å². The lowest BCUT2D eigenvalue weighted by atomic mass is 9.81. The van der Waals surface area contributed by atoms with Gasteiger partial charge in [0.25, 0.3) is 0 Å². The molecule has 116 valence electrons. The van der Waals surface area contributed by atoms with Crippen LogP contribution in [0.25, 0.3) is 10.8 Å². The fourth-order valence-electron chi connectivity index (χ4n) is 3.23. The van der Waals surface area contributed by atoms with Gasteiger partial charge in [-0.1, -0.05) is 54.1 Å². The highest BCUT2D eigenvalue weighted by molar-refractivity contribution is 6.30. The number of nitrogens with two attached hydrogens (primary N) is 1. The van der Waals surface area contributed by atoms with E-state index in [1.165, 1.54) is 0 Å². The second-order valence-corrected chi connectivity index (χ2v) is 6.11. The van der Waals surface area contributed by atoms with E-state index in [9.17, 15) is 5.26 Å². The van der Waals surface area contributed by atoms with Crippen LogP contribution in [0.1, 0.15) is 17.0 Å². The first-order valence-electron chi connectivity index (χ1n) is 7.53. The van der Waals surface area contributed by atoms with Crippen LogP contribution in [0.2, 0.25) is 5.02 Å². The van der Waals surface area contributed by atoms with Crippen molar-refractivity contribution in [3.8, 4) is 11.8 Å². The van der Waals surface area contributed by atoms with Gasteiger partial charge in [-0.3, -0.25) is 0 Å². The van der Waals surface area contributed by atoms with Crippen molar-refractivity contribution in [1.29, 1.82) is 5.26 Å². The number of fused-ring (bicyclic) bond motifs is 3. The van der Waals surface area contributed by atoms with Crippen molar-refractivity contribution < 1.29 is 4.74 Å². The molecule has 0 saturated carbocycles. The average molecular weight is 333 g/mol. The molecule has 3 aromatic rings. The number of nitriles is 1. The lowest BCUT2D eigenvalue weighted by Crippen LogP contribution is -2.21. The monoisotopic (exact) mass is 332 g/mol. The zero-order chi connectivity index (χ0) is 16.7. The Bertz CT molecular complexity index is 1020. The number of benzene rings is 3. The third kappa shape index (κ3) is 2.20. The molecule has 0 radical (unpaired) electrons. The molecular weight excluding hydrogens is 320 g/mol. The lowest BCUT2D eigenvalue weighted by Gasteiger charge is -2.27. The highest BCUT2D eigenvalue weighted by atomic mass is 35.5. The molecule has 0 fully saturated rings. The highest BCUT2D eigenvalue weighted by Crippen LogP contribution is 2.45. The number of rotatable bonds is 1. The number of halogens is 1. The van der Waals surface area contributed by atoms with Crippen LogP contribution in [0.3, 0.4) is 0 Å². The number of allylic oxidation sites excluding steroid dienone is 1. The van der Waals surface area contributed by atoms with Crippen molar-refractivity contribution in [1.82, 2.24) is 0 Å². The van der Waals surface area contributed by atoms with Gasteiger partial charge >= 0.3 is 0 Å². The maximum Gasteiger partial charge on any atom is 0.205 e. The van der Waals surface area contributed by atoms with Crippen LogP contribution in [0.4, 0.5) is 0 Å². The first-order valence-corrected chi connectivity index (χ1v) is 7.91. The van der Waals surface area contributed by atoms with Gasteiger partial charge in [-0.15, -0.1) is 0 Å². The summed E-state index contributed by atoms with van der Waals surface area (Å²) in [6, 6.07) is 21.7. The molecule has 0 spiro atoms. The van der Waals surface area contributed by atoms with Crippen LogP contribution < -0.4 is 10.5 Å². The molecule has 24 heavy (non-hydrogen) atoms. The van der Waals surface area contributed by atoms with Gasteiger partial charge in [0.1, 0.15) is 17.4 Å². The molecule has 0 aromatic heterocycles. The molecule has 0 saturated heterocycles. The minimum absolute atomic E-state index is 0.153. The molecule has 0 bridgehead atoms. The van der Waals surface area contributed by atoms with Crippen LogP contribution in [0, 0.1) is 11.3 Å². The number of hydrogen-bond donors (Lipinski definition) is 1. The lowest BCUT2D eigenvalue weighted by molar-refractivity contribution is 0.395. The van der Waals surface area contributed by atoms with E-state index in [2.05, 4.69) is 6.07 Å². The van der Waals surface area contributed by atoms with E-state index in [1.807, 2.05) is 60.7 Å². The summed E-state index contributed by atoms with van der Waals surface area (Å²) < 4.78 is 5.73. The first kappa shape index (κ1) is 14.6. The molecule has 1 heterocycles. The predicted octanol–water partition coefficient (Wildman–Crippen LogP) is 4.71. The molecular formula is C20H13ClN2O. The second kappa shape index (κ2) is 5.59. The maximum atomic E-state index is 9.65. The maximum absolute atomic E-state index is 9.65. The smallest absolute Gasteiger partial charge is 0.205 e. The molecule has 3 nitrogen and oxygen atoms in total. The van der Waals surface area contributed by atoms with Gasteiger partial charge in [0.05, 0.1) is 5.92 Å². The summed E-state index contributed by atoms with van der Waals surface area (Å²) in [5.74, 6) is 0.562. The number of hydrogen-bond acceptors (Lipinski definition) is 3.